The molecule has 1 aliphatic rings. The molecule has 1 unspecified atom stereocenters. The van der Waals surface area contributed by atoms with Crippen molar-refractivity contribution in [3.63, 3.8) is 0 Å². The van der Waals surface area contributed by atoms with Crippen LogP contribution in [0, 0.1) is 0 Å². The highest BCUT2D eigenvalue weighted by atomic mass is 16.5. The Balaban J connectivity index is 2.04. The van der Waals surface area contributed by atoms with E-state index in [-0.39, 0.29) is 24.6 Å². The number of carbonyl (C=O) groups is 3. The van der Waals surface area contributed by atoms with Crippen LogP contribution in [0.4, 0.5) is 5.69 Å². The molecule has 0 fully saturated rings. The largest absolute Gasteiger partial charge is 0.482 e. The standard InChI is InChI=1S/C13H14N2O6/c1-20-10(13(18)19)5-14-12(17)7-2-3-9-8(4-7)15-11(16)6-21-9/h2-4,10H,5-6H2,1H3,(H,14,17)(H,15,16)(H,18,19). The zero-order chi connectivity index (χ0) is 15.4. The molecule has 112 valence electrons. The molecule has 1 aromatic carbocycles. The van der Waals surface area contributed by atoms with E-state index < -0.39 is 18.0 Å². The first-order valence-electron chi connectivity index (χ1n) is 6.11. The molecule has 3 N–H and O–H groups in total. The third kappa shape index (κ3) is 3.48. The van der Waals surface area contributed by atoms with Crippen LogP contribution < -0.4 is 15.4 Å². The fraction of sp³-hybridized carbons (Fsp3) is 0.308. The SMILES string of the molecule is COC(CNC(=O)c1ccc2c(c1)NC(=O)CO2)C(=O)O. The van der Waals surface area contributed by atoms with E-state index >= 15 is 0 Å². The second-order valence-electron chi connectivity index (χ2n) is 4.32. The molecule has 0 aliphatic carbocycles. The summed E-state index contributed by atoms with van der Waals surface area (Å²) in [4.78, 5) is 33.9. The zero-order valence-corrected chi connectivity index (χ0v) is 11.2. The minimum atomic E-state index is -1.16. The second kappa shape index (κ2) is 6.23. The van der Waals surface area contributed by atoms with E-state index in [9.17, 15) is 14.4 Å². The molecule has 1 aromatic rings. The van der Waals surface area contributed by atoms with Gasteiger partial charge in [0.2, 0.25) is 0 Å². The van der Waals surface area contributed by atoms with Crippen LogP contribution in [0.5, 0.6) is 5.75 Å². The highest BCUT2D eigenvalue weighted by Gasteiger charge is 2.20. The molecule has 2 amide bonds. The number of carboxylic acid groups (broad SMARTS) is 1. The van der Waals surface area contributed by atoms with Crippen LogP contribution >= 0.6 is 0 Å². The number of benzene rings is 1. The van der Waals surface area contributed by atoms with Gasteiger partial charge in [0.15, 0.2) is 12.7 Å². The molecule has 0 aromatic heterocycles. The third-order valence-corrected chi connectivity index (χ3v) is 2.88. The van der Waals surface area contributed by atoms with E-state index in [1.807, 2.05) is 0 Å². The Morgan fingerprint density at radius 1 is 1.52 bits per heavy atom. The summed E-state index contributed by atoms with van der Waals surface area (Å²) in [6.07, 6.45) is -1.12. The number of anilines is 1. The number of fused-ring (bicyclic) bond motifs is 1. The quantitative estimate of drug-likeness (QED) is 0.695. The Hall–Kier alpha value is -2.61. The number of rotatable bonds is 5. The average molecular weight is 294 g/mol. The van der Waals surface area contributed by atoms with Crippen molar-refractivity contribution in [2.75, 3.05) is 25.6 Å². The Morgan fingerprint density at radius 2 is 2.29 bits per heavy atom. The van der Waals surface area contributed by atoms with Crippen LogP contribution in [0.25, 0.3) is 0 Å². The van der Waals surface area contributed by atoms with Gasteiger partial charge in [-0.25, -0.2) is 4.79 Å². The van der Waals surface area contributed by atoms with Crippen molar-refractivity contribution in [1.82, 2.24) is 5.32 Å². The van der Waals surface area contributed by atoms with Crippen LogP contribution in [-0.4, -0.2) is 49.3 Å². The first kappa shape index (κ1) is 14.8. The van der Waals surface area contributed by atoms with Gasteiger partial charge in [-0.05, 0) is 18.2 Å². The minimum absolute atomic E-state index is 0.0628. The average Bonchev–Trinajstić information content (AvgIpc) is 2.46. The molecule has 0 saturated heterocycles. The highest BCUT2D eigenvalue weighted by molar-refractivity contribution is 5.99. The van der Waals surface area contributed by atoms with Crippen LogP contribution in [-0.2, 0) is 14.3 Å². The van der Waals surface area contributed by atoms with Gasteiger partial charge in [0.05, 0.1) is 12.2 Å². The van der Waals surface area contributed by atoms with Gasteiger partial charge in [-0.1, -0.05) is 0 Å². The topological polar surface area (TPSA) is 114 Å². The summed E-state index contributed by atoms with van der Waals surface area (Å²) in [5, 5.41) is 13.8. The van der Waals surface area contributed by atoms with Gasteiger partial charge in [-0.15, -0.1) is 0 Å². The van der Waals surface area contributed by atoms with Gasteiger partial charge < -0.3 is 25.2 Å². The molecule has 0 spiro atoms. The molecule has 0 radical (unpaired) electrons. The lowest BCUT2D eigenvalue weighted by Crippen LogP contribution is -2.37. The van der Waals surface area contributed by atoms with E-state index in [0.717, 1.165) is 0 Å². The summed E-state index contributed by atoms with van der Waals surface area (Å²) >= 11 is 0. The van der Waals surface area contributed by atoms with Crippen molar-refractivity contribution in [3.05, 3.63) is 23.8 Å². The van der Waals surface area contributed by atoms with E-state index in [1.165, 1.54) is 19.2 Å². The summed E-state index contributed by atoms with van der Waals surface area (Å²) in [7, 11) is 1.25. The predicted molar refractivity (Wildman–Crippen MR) is 71.3 cm³/mol. The van der Waals surface area contributed by atoms with Gasteiger partial charge >= 0.3 is 5.97 Å². The number of carbonyl (C=O) groups excluding carboxylic acids is 2. The Labute approximate surface area is 120 Å². The van der Waals surface area contributed by atoms with Crippen LogP contribution in [0.15, 0.2) is 18.2 Å². The second-order valence-corrected chi connectivity index (χ2v) is 4.32. The predicted octanol–water partition coefficient (Wildman–Crippen LogP) is -0.153. The number of hydrogen-bond acceptors (Lipinski definition) is 5. The summed E-state index contributed by atoms with van der Waals surface area (Å²) < 4.78 is 9.89. The van der Waals surface area contributed by atoms with Crippen LogP contribution in [0.1, 0.15) is 10.4 Å². The summed E-state index contributed by atoms with van der Waals surface area (Å²) in [6, 6.07) is 4.55. The van der Waals surface area contributed by atoms with Crippen molar-refractivity contribution in [3.8, 4) is 5.75 Å². The van der Waals surface area contributed by atoms with Crippen molar-refractivity contribution in [2.24, 2.45) is 0 Å². The van der Waals surface area contributed by atoms with E-state index in [4.69, 9.17) is 14.6 Å². The molecule has 21 heavy (non-hydrogen) atoms. The molecular weight excluding hydrogens is 280 g/mol. The maximum absolute atomic E-state index is 11.9. The molecule has 8 nitrogen and oxygen atoms in total. The molecule has 8 heteroatoms. The number of ether oxygens (including phenoxy) is 2. The number of hydrogen-bond donors (Lipinski definition) is 3. The van der Waals surface area contributed by atoms with Gasteiger partial charge in [-0.2, -0.15) is 0 Å². The lowest BCUT2D eigenvalue weighted by molar-refractivity contribution is -0.148. The number of methoxy groups -OCH3 is 1. The van der Waals surface area contributed by atoms with Gasteiger partial charge in [0.25, 0.3) is 11.8 Å². The maximum atomic E-state index is 11.9. The third-order valence-electron chi connectivity index (χ3n) is 2.88. The zero-order valence-electron chi connectivity index (χ0n) is 11.2. The molecule has 0 bridgehead atoms. The molecule has 0 saturated carbocycles. The first-order chi connectivity index (χ1) is 10.0. The Morgan fingerprint density at radius 3 is 2.95 bits per heavy atom. The van der Waals surface area contributed by atoms with Gasteiger partial charge in [0.1, 0.15) is 5.75 Å². The van der Waals surface area contributed by atoms with Crippen LogP contribution in [0.2, 0.25) is 0 Å². The summed E-state index contributed by atoms with van der Waals surface area (Å²) in [5.74, 6) is -1.46. The molecule has 1 aliphatic heterocycles. The van der Waals surface area contributed by atoms with E-state index in [2.05, 4.69) is 10.6 Å². The smallest absolute Gasteiger partial charge is 0.334 e. The van der Waals surface area contributed by atoms with Crippen molar-refractivity contribution < 1.29 is 29.0 Å². The lowest BCUT2D eigenvalue weighted by atomic mass is 10.1. The number of carboxylic acids is 1. The minimum Gasteiger partial charge on any atom is -0.482 e. The molecular formula is C13H14N2O6. The highest BCUT2D eigenvalue weighted by Crippen LogP contribution is 2.28. The van der Waals surface area contributed by atoms with Gasteiger partial charge in [0, 0.05) is 12.7 Å². The summed E-state index contributed by atoms with van der Waals surface area (Å²) in [5.41, 5.74) is 0.681. The number of nitrogens with one attached hydrogen (secondary N) is 2. The number of amides is 2. The van der Waals surface area contributed by atoms with Crippen LogP contribution in [0.3, 0.4) is 0 Å². The van der Waals surface area contributed by atoms with Crippen molar-refractivity contribution in [1.29, 1.82) is 0 Å². The normalized spacial score (nSPS) is 14.4. The molecule has 2 rings (SSSR count). The lowest BCUT2D eigenvalue weighted by Gasteiger charge is -2.18. The van der Waals surface area contributed by atoms with Crippen molar-refractivity contribution in [2.45, 2.75) is 6.10 Å². The van der Waals surface area contributed by atoms with E-state index in [1.54, 1.807) is 6.07 Å². The van der Waals surface area contributed by atoms with Crippen molar-refractivity contribution >= 4 is 23.5 Å². The molecule has 1 heterocycles. The first-order valence-corrected chi connectivity index (χ1v) is 6.11. The molecule has 1 atom stereocenters. The Kier molecular flexibility index (Phi) is 4.39. The summed E-state index contributed by atoms with van der Waals surface area (Å²) in [6.45, 7) is -0.225. The van der Waals surface area contributed by atoms with E-state index in [0.29, 0.717) is 11.4 Å². The monoisotopic (exact) mass is 294 g/mol. The van der Waals surface area contributed by atoms with Gasteiger partial charge in [-0.3, -0.25) is 9.59 Å². The fourth-order valence-corrected chi connectivity index (χ4v) is 1.78. The fourth-order valence-electron chi connectivity index (χ4n) is 1.78. The maximum Gasteiger partial charge on any atom is 0.334 e. The Bertz CT molecular complexity index is 586. The number of aliphatic carboxylic acids is 1.